The Morgan fingerprint density at radius 1 is 0.936 bits per heavy atom. The summed E-state index contributed by atoms with van der Waals surface area (Å²) in [5.41, 5.74) is 2.92. The third-order valence-electron chi connectivity index (χ3n) is 6.88. The number of anilines is 2. The maximum absolute atomic E-state index is 13.6. The lowest BCUT2D eigenvalue weighted by Gasteiger charge is -2.15. The SMILES string of the molecule is CCC(Sc1cccc(NC(=O)/C(=C\c2ccccc2OC)NC(=O)c2ccccc2)c1)C(=O)Nc1nc(-c2ccc(F)cc2)cs1. The highest BCUT2D eigenvalue weighted by Crippen LogP contribution is 2.30. The number of methoxy groups -OCH3 is 1. The number of hydrogen-bond donors (Lipinski definition) is 3. The maximum Gasteiger partial charge on any atom is 0.272 e. The number of carbonyl (C=O) groups excluding carboxylic acids is 3. The minimum Gasteiger partial charge on any atom is -0.496 e. The fraction of sp³-hybridized carbons (Fsp3) is 0.111. The average Bonchev–Trinajstić information content (AvgIpc) is 3.56. The highest BCUT2D eigenvalue weighted by atomic mass is 32.2. The highest BCUT2D eigenvalue weighted by Gasteiger charge is 2.21. The van der Waals surface area contributed by atoms with Gasteiger partial charge in [-0.2, -0.15) is 0 Å². The molecule has 11 heteroatoms. The second-order valence-electron chi connectivity index (χ2n) is 10.2. The first-order chi connectivity index (χ1) is 22.8. The van der Waals surface area contributed by atoms with Crippen LogP contribution in [0.2, 0.25) is 0 Å². The van der Waals surface area contributed by atoms with E-state index in [1.165, 1.54) is 42.3 Å². The number of para-hydroxylation sites is 1. The fourth-order valence-electron chi connectivity index (χ4n) is 4.49. The van der Waals surface area contributed by atoms with Crippen molar-refractivity contribution in [2.24, 2.45) is 0 Å². The number of nitrogens with zero attached hydrogens (tertiary/aromatic N) is 1. The van der Waals surface area contributed by atoms with E-state index in [2.05, 4.69) is 20.9 Å². The molecule has 0 saturated carbocycles. The zero-order chi connectivity index (χ0) is 33.2. The van der Waals surface area contributed by atoms with Gasteiger partial charge in [-0.15, -0.1) is 23.1 Å². The van der Waals surface area contributed by atoms with Crippen LogP contribution in [0.1, 0.15) is 29.3 Å². The molecule has 0 fully saturated rings. The molecule has 1 aromatic heterocycles. The number of thiazole rings is 1. The molecule has 1 atom stereocenters. The summed E-state index contributed by atoms with van der Waals surface area (Å²) < 4.78 is 18.7. The van der Waals surface area contributed by atoms with E-state index in [-0.39, 0.29) is 17.4 Å². The number of nitrogens with one attached hydrogen (secondary N) is 3. The molecule has 3 amide bonds. The van der Waals surface area contributed by atoms with Crippen LogP contribution in [0.4, 0.5) is 15.2 Å². The quantitative estimate of drug-likeness (QED) is 0.0924. The normalized spacial score (nSPS) is 11.8. The molecule has 0 radical (unpaired) electrons. The molecule has 0 aliphatic heterocycles. The van der Waals surface area contributed by atoms with Crippen molar-refractivity contribution >= 4 is 57.7 Å². The largest absolute Gasteiger partial charge is 0.496 e. The number of thioether (sulfide) groups is 1. The van der Waals surface area contributed by atoms with Crippen LogP contribution < -0.4 is 20.7 Å². The topological polar surface area (TPSA) is 109 Å². The second kappa shape index (κ2) is 15.8. The minimum atomic E-state index is -0.534. The van der Waals surface area contributed by atoms with Gasteiger partial charge in [0.25, 0.3) is 11.8 Å². The molecule has 5 rings (SSSR count). The Morgan fingerprint density at radius 3 is 2.43 bits per heavy atom. The van der Waals surface area contributed by atoms with E-state index in [0.717, 1.165) is 10.5 Å². The summed E-state index contributed by atoms with van der Waals surface area (Å²) in [7, 11) is 1.53. The Balaban J connectivity index is 1.29. The lowest BCUT2D eigenvalue weighted by atomic mass is 10.1. The fourth-order valence-corrected chi connectivity index (χ4v) is 6.22. The molecule has 0 aliphatic rings. The number of carbonyl (C=O) groups is 3. The van der Waals surface area contributed by atoms with Crippen molar-refractivity contribution in [3.63, 3.8) is 0 Å². The van der Waals surface area contributed by atoms with Crippen molar-refractivity contribution in [1.82, 2.24) is 10.3 Å². The van der Waals surface area contributed by atoms with Crippen LogP contribution in [0, 0.1) is 5.82 Å². The molecule has 0 spiro atoms. The molecular weight excluding hydrogens is 636 g/mol. The predicted molar refractivity (Wildman–Crippen MR) is 186 cm³/mol. The van der Waals surface area contributed by atoms with E-state index in [4.69, 9.17) is 4.74 Å². The van der Waals surface area contributed by atoms with Crippen LogP contribution in [-0.2, 0) is 9.59 Å². The summed E-state index contributed by atoms with van der Waals surface area (Å²) in [6.45, 7) is 1.92. The number of halogens is 1. The molecule has 0 saturated heterocycles. The van der Waals surface area contributed by atoms with Gasteiger partial charge in [0.1, 0.15) is 17.3 Å². The van der Waals surface area contributed by atoms with Gasteiger partial charge in [-0.3, -0.25) is 14.4 Å². The van der Waals surface area contributed by atoms with Crippen LogP contribution in [0.15, 0.2) is 119 Å². The predicted octanol–water partition coefficient (Wildman–Crippen LogP) is 7.88. The smallest absolute Gasteiger partial charge is 0.272 e. The first kappa shape index (κ1) is 33.1. The first-order valence-electron chi connectivity index (χ1n) is 14.6. The number of aromatic nitrogens is 1. The van der Waals surface area contributed by atoms with Gasteiger partial charge < -0.3 is 20.7 Å². The van der Waals surface area contributed by atoms with Crippen molar-refractivity contribution in [2.75, 3.05) is 17.7 Å². The number of hydrogen-bond acceptors (Lipinski definition) is 7. The number of amides is 3. The highest BCUT2D eigenvalue weighted by molar-refractivity contribution is 8.00. The van der Waals surface area contributed by atoms with Crippen LogP contribution in [0.25, 0.3) is 17.3 Å². The molecular formula is C36H31FN4O4S2. The van der Waals surface area contributed by atoms with Gasteiger partial charge in [0.2, 0.25) is 5.91 Å². The summed E-state index contributed by atoms with van der Waals surface area (Å²) in [6, 6.07) is 28.9. The van der Waals surface area contributed by atoms with Crippen LogP contribution in [-0.4, -0.2) is 35.1 Å². The van der Waals surface area contributed by atoms with E-state index in [0.29, 0.717) is 39.8 Å². The van der Waals surface area contributed by atoms with Gasteiger partial charge in [0.05, 0.1) is 18.1 Å². The van der Waals surface area contributed by atoms with E-state index in [1.54, 1.807) is 78.9 Å². The van der Waals surface area contributed by atoms with Gasteiger partial charge in [-0.05, 0) is 73.2 Å². The molecule has 4 aromatic carbocycles. The standard InChI is InChI=1S/C36H31FN4O4S2/c1-3-32(35(44)41-36-40-30(22-46-36)23-16-18-26(37)19-17-23)47-28-14-9-13-27(21-28)38-34(43)29(20-25-12-7-8-15-31(25)45-2)39-33(42)24-10-5-4-6-11-24/h4-22,32H,3H2,1-2H3,(H,38,43)(H,39,42)(H,40,41,44)/b29-20+. The summed E-state index contributed by atoms with van der Waals surface area (Å²) in [5, 5.41) is 10.3. The Morgan fingerprint density at radius 2 is 1.68 bits per heavy atom. The molecule has 5 aromatic rings. The van der Waals surface area contributed by atoms with E-state index < -0.39 is 17.1 Å². The number of ether oxygens (including phenoxy) is 1. The molecule has 0 bridgehead atoms. The first-order valence-corrected chi connectivity index (χ1v) is 16.4. The summed E-state index contributed by atoms with van der Waals surface area (Å²) in [5.74, 6) is -0.972. The molecule has 238 valence electrons. The summed E-state index contributed by atoms with van der Waals surface area (Å²) >= 11 is 2.65. The Hall–Kier alpha value is -5.26. The average molecular weight is 667 g/mol. The van der Waals surface area contributed by atoms with Crippen LogP contribution >= 0.6 is 23.1 Å². The third-order valence-corrected chi connectivity index (χ3v) is 8.99. The lowest BCUT2D eigenvalue weighted by molar-refractivity contribution is -0.116. The molecule has 47 heavy (non-hydrogen) atoms. The van der Waals surface area contributed by atoms with E-state index in [9.17, 15) is 18.8 Å². The van der Waals surface area contributed by atoms with E-state index >= 15 is 0 Å². The zero-order valence-electron chi connectivity index (χ0n) is 25.5. The van der Waals surface area contributed by atoms with Gasteiger partial charge in [-0.1, -0.05) is 49.4 Å². The van der Waals surface area contributed by atoms with Crippen molar-refractivity contribution in [1.29, 1.82) is 0 Å². The van der Waals surface area contributed by atoms with Crippen molar-refractivity contribution < 1.29 is 23.5 Å². The van der Waals surface area contributed by atoms with Gasteiger partial charge >= 0.3 is 0 Å². The van der Waals surface area contributed by atoms with Gasteiger partial charge in [0, 0.05) is 32.7 Å². The molecule has 0 aliphatic carbocycles. The van der Waals surface area contributed by atoms with Crippen molar-refractivity contribution in [3.8, 4) is 17.0 Å². The molecule has 3 N–H and O–H groups in total. The Kier molecular flexibility index (Phi) is 11.2. The van der Waals surface area contributed by atoms with Crippen molar-refractivity contribution in [3.05, 3.63) is 131 Å². The minimum absolute atomic E-state index is 0.0238. The van der Waals surface area contributed by atoms with Gasteiger partial charge in [-0.25, -0.2) is 9.37 Å². The Labute approximate surface area is 280 Å². The Bertz CT molecular complexity index is 1890. The molecule has 1 unspecified atom stereocenters. The summed E-state index contributed by atoms with van der Waals surface area (Å²) in [4.78, 5) is 45.0. The van der Waals surface area contributed by atoms with Gasteiger partial charge in [0.15, 0.2) is 5.13 Å². The lowest BCUT2D eigenvalue weighted by Crippen LogP contribution is -2.30. The molecule has 8 nitrogen and oxygen atoms in total. The number of benzene rings is 4. The maximum atomic E-state index is 13.6. The van der Waals surface area contributed by atoms with E-state index in [1.807, 2.05) is 30.5 Å². The monoisotopic (exact) mass is 666 g/mol. The summed E-state index contributed by atoms with van der Waals surface area (Å²) in [6.07, 6.45) is 2.10. The zero-order valence-corrected chi connectivity index (χ0v) is 27.2. The van der Waals surface area contributed by atoms with Crippen molar-refractivity contribution in [2.45, 2.75) is 23.5 Å². The second-order valence-corrected chi connectivity index (χ2v) is 12.3. The van der Waals surface area contributed by atoms with Crippen LogP contribution in [0.3, 0.4) is 0 Å². The van der Waals surface area contributed by atoms with Crippen LogP contribution in [0.5, 0.6) is 5.75 Å². The molecule has 1 heterocycles. The number of rotatable bonds is 12. The third kappa shape index (κ3) is 8.93.